The molecule has 0 bridgehead atoms. The molecule has 0 saturated carbocycles. The van der Waals surface area contributed by atoms with Crippen LogP contribution in [-0.2, 0) is 4.74 Å². The number of fused-ring (bicyclic) bond motifs is 1. The van der Waals surface area contributed by atoms with Crippen LogP contribution in [0.15, 0.2) is 6.20 Å². The predicted molar refractivity (Wildman–Crippen MR) is 75.8 cm³/mol. The van der Waals surface area contributed by atoms with Gasteiger partial charge in [-0.2, -0.15) is 0 Å². The molecule has 1 aliphatic heterocycles. The average Bonchev–Trinajstić information content (AvgIpc) is 2.86. The zero-order valence-electron chi connectivity index (χ0n) is 9.47. The van der Waals surface area contributed by atoms with E-state index in [0.717, 1.165) is 39.7 Å². The number of anilines is 1. The second kappa shape index (κ2) is 4.69. The molecule has 1 saturated heterocycles. The first-order valence-corrected chi connectivity index (χ1v) is 7.45. The fourth-order valence-electron chi connectivity index (χ4n) is 2.07. The summed E-state index contributed by atoms with van der Waals surface area (Å²) in [5.41, 5.74) is 0. The highest BCUT2D eigenvalue weighted by atomic mass is 127. The Kier molecular flexibility index (Phi) is 3.22. The molecule has 0 radical (unpaired) electrons. The molecule has 0 atom stereocenters. The lowest BCUT2D eigenvalue weighted by Crippen LogP contribution is -2.36. The number of ether oxygens (including phenoxy) is 1. The smallest absolute Gasteiger partial charge is 0.214 e. The molecule has 0 aliphatic carbocycles. The van der Waals surface area contributed by atoms with Gasteiger partial charge in [-0.1, -0.05) is 11.3 Å². The van der Waals surface area contributed by atoms with Crippen molar-refractivity contribution in [1.29, 1.82) is 0 Å². The Hall–Kier alpha value is -0.410. The Morgan fingerprint density at radius 2 is 2.24 bits per heavy atom. The van der Waals surface area contributed by atoms with Crippen molar-refractivity contribution in [2.24, 2.45) is 0 Å². The number of halogens is 1. The molecule has 17 heavy (non-hydrogen) atoms. The standard InChI is InChI=1S/C10H13IN4OS/c1-16-7-2-4-14(5-3-7)10-13-15-6-8(11)12-9(15)17-10/h6-7H,2-5H2,1H3. The highest BCUT2D eigenvalue weighted by Crippen LogP contribution is 2.26. The number of piperidine rings is 1. The number of hydrogen-bond acceptors (Lipinski definition) is 5. The van der Waals surface area contributed by atoms with E-state index in [4.69, 9.17) is 4.74 Å². The van der Waals surface area contributed by atoms with Crippen molar-refractivity contribution in [2.45, 2.75) is 18.9 Å². The van der Waals surface area contributed by atoms with Gasteiger partial charge in [0.25, 0.3) is 0 Å². The maximum absolute atomic E-state index is 5.37. The van der Waals surface area contributed by atoms with Crippen molar-refractivity contribution < 1.29 is 4.74 Å². The Balaban J connectivity index is 1.77. The minimum absolute atomic E-state index is 0.413. The number of rotatable bonds is 2. The fraction of sp³-hybridized carbons (Fsp3) is 0.600. The Bertz CT molecular complexity index is 486. The molecule has 1 fully saturated rings. The van der Waals surface area contributed by atoms with Gasteiger partial charge in [-0.05, 0) is 35.4 Å². The molecule has 3 rings (SSSR count). The van der Waals surface area contributed by atoms with E-state index in [0.29, 0.717) is 6.10 Å². The van der Waals surface area contributed by atoms with Crippen molar-refractivity contribution in [3.63, 3.8) is 0 Å². The molecule has 0 N–H and O–H groups in total. The molecular formula is C10H13IN4OS. The number of methoxy groups -OCH3 is 1. The summed E-state index contributed by atoms with van der Waals surface area (Å²) in [6.07, 6.45) is 4.53. The van der Waals surface area contributed by atoms with Crippen molar-refractivity contribution in [3.8, 4) is 0 Å². The quantitative estimate of drug-likeness (QED) is 0.765. The van der Waals surface area contributed by atoms with Crippen LogP contribution < -0.4 is 4.90 Å². The lowest BCUT2D eigenvalue weighted by molar-refractivity contribution is 0.0819. The first-order valence-electron chi connectivity index (χ1n) is 5.56. The summed E-state index contributed by atoms with van der Waals surface area (Å²) >= 11 is 3.86. The van der Waals surface area contributed by atoms with Crippen LogP contribution in [-0.4, -0.2) is 40.9 Å². The summed E-state index contributed by atoms with van der Waals surface area (Å²) in [6, 6.07) is 0. The number of hydrogen-bond donors (Lipinski definition) is 0. The lowest BCUT2D eigenvalue weighted by atomic mass is 10.1. The molecule has 0 unspecified atom stereocenters. The molecule has 0 aromatic carbocycles. The third-order valence-electron chi connectivity index (χ3n) is 3.05. The summed E-state index contributed by atoms with van der Waals surface area (Å²) in [6.45, 7) is 2.04. The Labute approximate surface area is 117 Å². The molecular weight excluding hydrogens is 351 g/mol. The van der Waals surface area contributed by atoms with Crippen molar-refractivity contribution in [1.82, 2.24) is 14.6 Å². The molecule has 5 nitrogen and oxygen atoms in total. The maximum atomic E-state index is 5.37. The van der Waals surface area contributed by atoms with E-state index in [1.54, 1.807) is 18.4 Å². The topological polar surface area (TPSA) is 42.7 Å². The van der Waals surface area contributed by atoms with E-state index in [1.807, 2.05) is 10.7 Å². The molecule has 3 heterocycles. The first kappa shape index (κ1) is 11.7. The maximum Gasteiger partial charge on any atom is 0.214 e. The zero-order valence-corrected chi connectivity index (χ0v) is 12.4. The minimum Gasteiger partial charge on any atom is -0.381 e. The van der Waals surface area contributed by atoms with Crippen molar-refractivity contribution >= 4 is 44.0 Å². The monoisotopic (exact) mass is 364 g/mol. The summed E-state index contributed by atoms with van der Waals surface area (Å²) < 4.78 is 8.23. The first-order chi connectivity index (χ1) is 8.26. The van der Waals surface area contributed by atoms with E-state index < -0.39 is 0 Å². The van der Waals surface area contributed by atoms with Gasteiger partial charge in [0.2, 0.25) is 10.1 Å². The van der Waals surface area contributed by atoms with Gasteiger partial charge in [0.1, 0.15) is 3.70 Å². The fourth-order valence-corrected chi connectivity index (χ4v) is 3.66. The van der Waals surface area contributed by atoms with Gasteiger partial charge < -0.3 is 9.64 Å². The van der Waals surface area contributed by atoms with E-state index in [2.05, 4.69) is 37.6 Å². The SMILES string of the molecule is COC1CCN(c2nn3cc(I)nc3s2)CC1. The van der Waals surface area contributed by atoms with Crippen molar-refractivity contribution in [2.75, 3.05) is 25.1 Å². The van der Waals surface area contributed by atoms with Gasteiger partial charge in [-0.25, -0.2) is 9.50 Å². The molecule has 92 valence electrons. The summed E-state index contributed by atoms with van der Waals surface area (Å²) in [7, 11) is 1.79. The highest BCUT2D eigenvalue weighted by Gasteiger charge is 2.21. The van der Waals surface area contributed by atoms with Crippen LogP contribution in [0.4, 0.5) is 5.13 Å². The van der Waals surface area contributed by atoms with Crippen LogP contribution in [0.5, 0.6) is 0 Å². The Morgan fingerprint density at radius 1 is 1.47 bits per heavy atom. The van der Waals surface area contributed by atoms with Crippen LogP contribution in [0.1, 0.15) is 12.8 Å². The minimum atomic E-state index is 0.413. The van der Waals surface area contributed by atoms with Crippen LogP contribution in [0, 0.1) is 3.70 Å². The van der Waals surface area contributed by atoms with E-state index in [9.17, 15) is 0 Å². The third kappa shape index (κ3) is 2.27. The molecule has 2 aromatic heterocycles. The number of aromatic nitrogens is 3. The normalized spacial score (nSPS) is 18.1. The van der Waals surface area contributed by atoms with Crippen molar-refractivity contribution in [3.05, 3.63) is 9.90 Å². The number of imidazole rings is 1. The van der Waals surface area contributed by atoms with E-state index in [1.165, 1.54) is 0 Å². The second-order valence-corrected chi connectivity index (χ2v) is 6.14. The highest BCUT2D eigenvalue weighted by molar-refractivity contribution is 14.1. The van der Waals surface area contributed by atoms with Gasteiger partial charge >= 0.3 is 0 Å². The van der Waals surface area contributed by atoms with Crippen LogP contribution in [0.3, 0.4) is 0 Å². The van der Waals surface area contributed by atoms with Crippen LogP contribution in [0.25, 0.3) is 4.96 Å². The average molecular weight is 364 g/mol. The predicted octanol–water partition coefficient (Wildman–Crippen LogP) is 2.01. The van der Waals surface area contributed by atoms with Gasteiger partial charge in [0.15, 0.2) is 0 Å². The summed E-state index contributed by atoms with van der Waals surface area (Å²) in [4.78, 5) is 7.71. The lowest BCUT2D eigenvalue weighted by Gasteiger charge is -2.30. The summed E-state index contributed by atoms with van der Waals surface area (Å²) in [5.74, 6) is 0. The number of nitrogens with zero attached hydrogens (tertiary/aromatic N) is 4. The molecule has 0 spiro atoms. The van der Waals surface area contributed by atoms with E-state index >= 15 is 0 Å². The third-order valence-corrected chi connectivity index (χ3v) is 4.55. The van der Waals surface area contributed by atoms with Gasteiger partial charge in [-0.3, -0.25) is 0 Å². The van der Waals surface area contributed by atoms with Crippen LogP contribution in [0.2, 0.25) is 0 Å². The van der Waals surface area contributed by atoms with Gasteiger partial charge in [0, 0.05) is 20.2 Å². The summed E-state index contributed by atoms with van der Waals surface area (Å²) in [5, 5.41) is 5.63. The largest absolute Gasteiger partial charge is 0.381 e. The molecule has 2 aromatic rings. The van der Waals surface area contributed by atoms with Crippen LogP contribution >= 0.6 is 33.9 Å². The molecule has 1 aliphatic rings. The molecule has 7 heteroatoms. The molecule has 0 amide bonds. The zero-order chi connectivity index (χ0) is 11.8. The van der Waals surface area contributed by atoms with E-state index in [-0.39, 0.29) is 0 Å². The van der Waals surface area contributed by atoms with Gasteiger partial charge in [-0.15, -0.1) is 5.10 Å². The van der Waals surface area contributed by atoms with Gasteiger partial charge in [0.05, 0.1) is 12.3 Å². The Morgan fingerprint density at radius 3 is 2.88 bits per heavy atom. The second-order valence-electron chi connectivity index (χ2n) is 4.10.